The molecule has 0 aromatic carbocycles. The molecule has 0 heterocycles. The summed E-state index contributed by atoms with van der Waals surface area (Å²) in [6, 6.07) is 0. The standard InChI is InChI=1S/C11H22.2CH4/c1-7-8(2)10(4)11(5,6)9(7)3;;/h7-10H,1-6H3;2*1H4. The molecule has 1 fully saturated rings. The van der Waals surface area contributed by atoms with Crippen molar-refractivity contribution in [1.29, 1.82) is 0 Å². The van der Waals surface area contributed by atoms with E-state index in [0.29, 0.717) is 5.41 Å². The minimum atomic E-state index is 0. The van der Waals surface area contributed by atoms with Gasteiger partial charge in [0.05, 0.1) is 0 Å². The number of hydrogen-bond donors (Lipinski definition) is 0. The van der Waals surface area contributed by atoms with Crippen LogP contribution in [0, 0.1) is 29.1 Å². The molecular weight excluding hydrogens is 156 g/mol. The summed E-state index contributed by atoms with van der Waals surface area (Å²) in [5.41, 5.74) is 0.554. The van der Waals surface area contributed by atoms with Gasteiger partial charge >= 0.3 is 0 Å². The van der Waals surface area contributed by atoms with Crippen LogP contribution in [0.2, 0.25) is 0 Å². The average molecular weight is 186 g/mol. The Kier molecular flexibility index (Phi) is 5.33. The maximum absolute atomic E-state index is 2.42. The fourth-order valence-electron chi connectivity index (χ4n) is 2.68. The van der Waals surface area contributed by atoms with Gasteiger partial charge in [-0.2, -0.15) is 0 Å². The van der Waals surface area contributed by atoms with Gasteiger partial charge in [-0.25, -0.2) is 0 Å². The van der Waals surface area contributed by atoms with Gasteiger partial charge in [-0.15, -0.1) is 0 Å². The number of hydrogen-bond acceptors (Lipinski definition) is 0. The summed E-state index contributed by atoms with van der Waals surface area (Å²) in [5, 5.41) is 0. The third kappa shape index (κ3) is 2.08. The largest absolute Gasteiger partial charge is 0.0776 e. The molecule has 4 atom stereocenters. The third-order valence-electron chi connectivity index (χ3n) is 4.75. The zero-order chi connectivity index (χ0) is 8.81. The minimum Gasteiger partial charge on any atom is -0.0776 e. The average Bonchev–Trinajstić information content (AvgIpc) is 2.06. The van der Waals surface area contributed by atoms with Crippen LogP contribution < -0.4 is 0 Å². The van der Waals surface area contributed by atoms with E-state index in [9.17, 15) is 0 Å². The van der Waals surface area contributed by atoms with E-state index in [4.69, 9.17) is 0 Å². The molecule has 0 aromatic rings. The molecule has 82 valence electrons. The van der Waals surface area contributed by atoms with Gasteiger partial charge in [0.1, 0.15) is 0 Å². The second-order valence-corrected chi connectivity index (χ2v) is 5.12. The smallest absolute Gasteiger partial charge is 0.0298 e. The van der Waals surface area contributed by atoms with Crippen molar-refractivity contribution < 1.29 is 0 Å². The van der Waals surface area contributed by atoms with E-state index < -0.39 is 0 Å². The Morgan fingerprint density at radius 3 is 1.00 bits per heavy atom. The highest BCUT2D eigenvalue weighted by molar-refractivity contribution is 4.95. The summed E-state index contributed by atoms with van der Waals surface area (Å²) in [5.74, 6) is 3.57. The second kappa shape index (κ2) is 4.48. The van der Waals surface area contributed by atoms with Gasteiger partial charge in [0, 0.05) is 0 Å². The molecule has 0 nitrogen and oxygen atoms in total. The predicted molar refractivity (Wildman–Crippen MR) is 63.9 cm³/mol. The van der Waals surface area contributed by atoms with Crippen LogP contribution in [0.5, 0.6) is 0 Å². The lowest BCUT2D eigenvalue weighted by molar-refractivity contribution is 0.193. The zero-order valence-electron chi connectivity index (χ0n) is 8.81. The van der Waals surface area contributed by atoms with Crippen molar-refractivity contribution in [3.63, 3.8) is 0 Å². The van der Waals surface area contributed by atoms with Crippen molar-refractivity contribution in [1.82, 2.24) is 0 Å². The summed E-state index contributed by atoms with van der Waals surface area (Å²) in [4.78, 5) is 0. The van der Waals surface area contributed by atoms with Crippen molar-refractivity contribution >= 4 is 0 Å². The van der Waals surface area contributed by atoms with E-state index in [0.717, 1.165) is 23.7 Å². The zero-order valence-corrected chi connectivity index (χ0v) is 8.81. The van der Waals surface area contributed by atoms with Crippen LogP contribution in [-0.4, -0.2) is 0 Å². The van der Waals surface area contributed by atoms with Gasteiger partial charge in [0.25, 0.3) is 0 Å². The molecular formula is C13H30. The molecule has 1 aliphatic carbocycles. The summed E-state index contributed by atoms with van der Waals surface area (Å²) < 4.78 is 0. The molecule has 0 heteroatoms. The first-order valence-corrected chi connectivity index (χ1v) is 4.89. The highest BCUT2D eigenvalue weighted by atomic mass is 14.5. The van der Waals surface area contributed by atoms with Crippen molar-refractivity contribution in [3.8, 4) is 0 Å². The quantitative estimate of drug-likeness (QED) is 0.507. The third-order valence-corrected chi connectivity index (χ3v) is 4.75. The first kappa shape index (κ1) is 15.5. The van der Waals surface area contributed by atoms with E-state index in [1.54, 1.807) is 0 Å². The molecule has 0 bridgehead atoms. The Balaban J connectivity index is 0. The lowest BCUT2D eigenvalue weighted by Crippen LogP contribution is -2.22. The molecule has 0 aromatic heterocycles. The predicted octanol–water partition coefficient (Wildman–Crippen LogP) is 4.84. The molecule has 13 heavy (non-hydrogen) atoms. The summed E-state index contributed by atoms with van der Waals surface area (Å²) in [6.45, 7) is 14.5. The Bertz CT molecular complexity index is 130. The molecule has 0 aliphatic heterocycles. The van der Waals surface area contributed by atoms with Crippen molar-refractivity contribution in [2.75, 3.05) is 0 Å². The summed E-state index contributed by atoms with van der Waals surface area (Å²) in [6.07, 6.45) is 0. The summed E-state index contributed by atoms with van der Waals surface area (Å²) in [7, 11) is 0. The Morgan fingerprint density at radius 2 is 0.923 bits per heavy atom. The molecule has 1 rings (SSSR count). The van der Waals surface area contributed by atoms with Crippen LogP contribution in [0.3, 0.4) is 0 Å². The Morgan fingerprint density at radius 1 is 0.692 bits per heavy atom. The maximum atomic E-state index is 2.42. The topological polar surface area (TPSA) is 0 Å². The first-order valence-electron chi connectivity index (χ1n) is 4.89. The highest BCUT2D eigenvalue weighted by Gasteiger charge is 2.46. The lowest BCUT2D eigenvalue weighted by atomic mass is 9.76. The fourth-order valence-corrected chi connectivity index (χ4v) is 2.68. The van der Waals surface area contributed by atoms with Crippen LogP contribution in [0.1, 0.15) is 56.4 Å². The van der Waals surface area contributed by atoms with E-state index >= 15 is 0 Å². The minimum absolute atomic E-state index is 0. The maximum Gasteiger partial charge on any atom is -0.0298 e. The van der Waals surface area contributed by atoms with E-state index in [-0.39, 0.29) is 14.9 Å². The van der Waals surface area contributed by atoms with Crippen LogP contribution in [0.4, 0.5) is 0 Å². The molecule has 4 unspecified atom stereocenters. The van der Waals surface area contributed by atoms with Gasteiger partial charge in [0.2, 0.25) is 0 Å². The SMILES string of the molecule is C.C.CC1C(C)C(C)C(C)(C)C1C. The van der Waals surface area contributed by atoms with Gasteiger partial charge in [0.15, 0.2) is 0 Å². The Labute approximate surface area is 86.1 Å². The van der Waals surface area contributed by atoms with Crippen LogP contribution in [0.15, 0.2) is 0 Å². The van der Waals surface area contributed by atoms with E-state index in [1.807, 2.05) is 0 Å². The summed E-state index contributed by atoms with van der Waals surface area (Å²) >= 11 is 0. The molecule has 1 saturated carbocycles. The van der Waals surface area contributed by atoms with E-state index in [1.165, 1.54) is 0 Å². The van der Waals surface area contributed by atoms with Gasteiger partial charge in [-0.05, 0) is 29.1 Å². The molecule has 0 spiro atoms. The van der Waals surface area contributed by atoms with Crippen LogP contribution >= 0.6 is 0 Å². The van der Waals surface area contributed by atoms with Gasteiger partial charge < -0.3 is 0 Å². The first-order chi connectivity index (χ1) is 4.89. The van der Waals surface area contributed by atoms with Crippen molar-refractivity contribution in [3.05, 3.63) is 0 Å². The Hall–Kier alpha value is 0. The molecule has 0 radical (unpaired) electrons. The van der Waals surface area contributed by atoms with Gasteiger partial charge in [-0.3, -0.25) is 0 Å². The van der Waals surface area contributed by atoms with Crippen LogP contribution in [-0.2, 0) is 0 Å². The fraction of sp³-hybridized carbons (Fsp3) is 1.00. The monoisotopic (exact) mass is 186 g/mol. The van der Waals surface area contributed by atoms with Gasteiger partial charge in [-0.1, -0.05) is 56.4 Å². The van der Waals surface area contributed by atoms with Crippen LogP contribution in [0.25, 0.3) is 0 Å². The molecule has 0 saturated heterocycles. The second-order valence-electron chi connectivity index (χ2n) is 5.12. The molecule has 0 N–H and O–H groups in total. The molecule has 1 aliphatic rings. The van der Waals surface area contributed by atoms with Crippen molar-refractivity contribution in [2.24, 2.45) is 29.1 Å². The molecule has 0 amide bonds. The van der Waals surface area contributed by atoms with E-state index in [2.05, 4.69) is 41.5 Å². The highest BCUT2D eigenvalue weighted by Crippen LogP contribution is 2.53. The number of rotatable bonds is 0. The van der Waals surface area contributed by atoms with Crippen molar-refractivity contribution in [2.45, 2.75) is 56.4 Å². The normalized spacial score (nSPS) is 42.0. The lowest BCUT2D eigenvalue weighted by Gasteiger charge is -2.30.